The maximum atomic E-state index is 12.7. The van der Waals surface area contributed by atoms with Gasteiger partial charge in [-0.2, -0.15) is 4.31 Å². The standard InChI is InChI=1S/C16H23ClN2O4S/c1-3-11-24(21,22)19-10-5-4-9-14(19)16(20)18-13-8-6-7-12(17)15(13)23-2/h6-8,14H,3-5,9-11H2,1-2H3,(H,18,20). The molecule has 1 saturated heterocycles. The molecule has 24 heavy (non-hydrogen) atoms. The lowest BCUT2D eigenvalue weighted by atomic mass is 10.0. The van der Waals surface area contributed by atoms with E-state index < -0.39 is 16.1 Å². The van der Waals surface area contributed by atoms with Crippen LogP contribution in [0.3, 0.4) is 0 Å². The first-order valence-corrected chi connectivity index (χ1v) is 10.0. The van der Waals surface area contributed by atoms with Crippen LogP contribution in [0.4, 0.5) is 5.69 Å². The monoisotopic (exact) mass is 374 g/mol. The number of rotatable bonds is 6. The summed E-state index contributed by atoms with van der Waals surface area (Å²) in [6, 6.07) is 4.34. The summed E-state index contributed by atoms with van der Waals surface area (Å²) in [5.41, 5.74) is 0.438. The van der Waals surface area contributed by atoms with E-state index in [2.05, 4.69) is 5.32 Å². The number of carbonyl (C=O) groups is 1. The number of nitrogens with zero attached hydrogens (tertiary/aromatic N) is 1. The van der Waals surface area contributed by atoms with Gasteiger partial charge in [-0.25, -0.2) is 8.42 Å². The maximum absolute atomic E-state index is 12.7. The molecule has 0 radical (unpaired) electrons. The van der Waals surface area contributed by atoms with Crippen LogP contribution in [0.1, 0.15) is 32.6 Å². The molecule has 1 amide bonds. The second-order valence-corrected chi connectivity index (χ2v) is 8.20. The Morgan fingerprint density at radius 3 is 2.83 bits per heavy atom. The SMILES string of the molecule is CCCS(=O)(=O)N1CCCCC1C(=O)Nc1cccc(Cl)c1OC. The number of sulfonamides is 1. The third kappa shape index (κ3) is 4.20. The number of nitrogens with one attached hydrogen (secondary N) is 1. The van der Waals surface area contributed by atoms with Gasteiger partial charge in [0, 0.05) is 6.54 Å². The fourth-order valence-corrected chi connectivity index (χ4v) is 4.90. The fraction of sp³-hybridized carbons (Fsp3) is 0.562. The van der Waals surface area contributed by atoms with Crippen LogP contribution in [0, 0.1) is 0 Å². The van der Waals surface area contributed by atoms with Crippen molar-refractivity contribution in [2.75, 3.05) is 24.7 Å². The molecule has 1 N–H and O–H groups in total. The van der Waals surface area contributed by atoms with E-state index in [1.54, 1.807) is 18.2 Å². The van der Waals surface area contributed by atoms with Crippen molar-refractivity contribution in [2.45, 2.75) is 38.6 Å². The predicted octanol–water partition coefficient (Wildman–Crippen LogP) is 2.88. The van der Waals surface area contributed by atoms with Crippen molar-refractivity contribution in [3.05, 3.63) is 23.2 Å². The Labute approximate surface area is 148 Å². The molecule has 2 rings (SSSR count). The minimum Gasteiger partial charge on any atom is -0.493 e. The zero-order valence-corrected chi connectivity index (χ0v) is 15.5. The normalized spacial score (nSPS) is 19.0. The lowest BCUT2D eigenvalue weighted by molar-refractivity contribution is -0.120. The molecule has 0 saturated carbocycles. The van der Waals surface area contributed by atoms with E-state index >= 15 is 0 Å². The van der Waals surface area contributed by atoms with Gasteiger partial charge in [0.15, 0.2) is 5.75 Å². The molecule has 1 aromatic carbocycles. The third-order valence-electron chi connectivity index (χ3n) is 4.00. The summed E-state index contributed by atoms with van der Waals surface area (Å²) in [4.78, 5) is 12.7. The van der Waals surface area contributed by atoms with Gasteiger partial charge in [-0.05, 0) is 31.4 Å². The molecule has 1 aromatic rings. The second kappa shape index (κ2) is 8.18. The summed E-state index contributed by atoms with van der Waals surface area (Å²) in [6.45, 7) is 2.19. The number of hydrogen-bond acceptors (Lipinski definition) is 4. The average Bonchev–Trinajstić information content (AvgIpc) is 2.55. The molecule has 1 heterocycles. The minimum atomic E-state index is -3.43. The molecule has 6 nitrogen and oxygen atoms in total. The third-order valence-corrected chi connectivity index (χ3v) is 6.38. The maximum Gasteiger partial charge on any atom is 0.242 e. The van der Waals surface area contributed by atoms with Crippen molar-refractivity contribution < 1.29 is 17.9 Å². The number of halogens is 1. The van der Waals surface area contributed by atoms with Crippen molar-refractivity contribution in [3.63, 3.8) is 0 Å². The van der Waals surface area contributed by atoms with Crippen molar-refractivity contribution in [3.8, 4) is 5.75 Å². The van der Waals surface area contributed by atoms with E-state index in [1.165, 1.54) is 11.4 Å². The van der Waals surface area contributed by atoms with Crippen molar-refractivity contribution in [1.29, 1.82) is 0 Å². The van der Waals surface area contributed by atoms with Crippen LogP contribution in [-0.4, -0.2) is 44.1 Å². The highest BCUT2D eigenvalue weighted by Gasteiger charge is 2.36. The summed E-state index contributed by atoms with van der Waals surface area (Å²) in [5.74, 6) is 0.0679. The first-order valence-electron chi connectivity index (χ1n) is 8.03. The van der Waals surface area contributed by atoms with Gasteiger partial charge < -0.3 is 10.1 Å². The highest BCUT2D eigenvalue weighted by Crippen LogP contribution is 2.33. The van der Waals surface area contributed by atoms with Crippen LogP contribution in [0.25, 0.3) is 0 Å². The topological polar surface area (TPSA) is 75.7 Å². The van der Waals surface area contributed by atoms with E-state index in [0.717, 1.165) is 12.8 Å². The van der Waals surface area contributed by atoms with Crippen LogP contribution in [0.15, 0.2) is 18.2 Å². The number of piperidine rings is 1. The van der Waals surface area contributed by atoms with Gasteiger partial charge >= 0.3 is 0 Å². The zero-order valence-electron chi connectivity index (χ0n) is 13.9. The Hall–Kier alpha value is -1.31. The molecule has 0 bridgehead atoms. The van der Waals surface area contributed by atoms with E-state index in [4.69, 9.17) is 16.3 Å². The van der Waals surface area contributed by atoms with Gasteiger partial charge in [0.2, 0.25) is 15.9 Å². The van der Waals surface area contributed by atoms with E-state index in [9.17, 15) is 13.2 Å². The van der Waals surface area contributed by atoms with Gasteiger partial charge in [0.1, 0.15) is 6.04 Å². The Balaban J connectivity index is 2.22. The average molecular weight is 375 g/mol. The number of methoxy groups -OCH3 is 1. The van der Waals surface area contributed by atoms with Crippen molar-refractivity contribution in [2.24, 2.45) is 0 Å². The number of carbonyl (C=O) groups excluding carboxylic acids is 1. The lowest BCUT2D eigenvalue weighted by Crippen LogP contribution is -2.50. The van der Waals surface area contributed by atoms with E-state index in [1.807, 2.05) is 6.92 Å². The highest BCUT2D eigenvalue weighted by molar-refractivity contribution is 7.89. The van der Waals surface area contributed by atoms with Crippen LogP contribution >= 0.6 is 11.6 Å². The molecule has 0 aliphatic carbocycles. The summed E-state index contributed by atoms with van der Waals surface area (Å²) >= 11 is 6.06. The molecule has 8 heteroatoms. The number of anilines is 1. The van der Waals surface area contributed by atoms with Gasteiger partial charge in [-0.1, -0.05) is 31.0 Å². The summed E-state index contributed by atoms with van der Waals surface area (Å²) in [5, 5.41) is 3.15. The molecule has 1 aliphatic rings. The van der Waals surface area contributed by atoms with E-state index in [0.29, 0.717) is 35.8 Å². The Morgan fingerprint density at radius 1 is 1.42 bits per heavy atom. The lowest BCUT2D eigenvalue weighted by Gasteiger charge is -2.33. The van der Waals surface area contributed by atoms with Crippen molar-refractivity contribution in [1.82, 2.24) is 4.31 Å². The molecule has 1 atom stereocenters. The fourth-order valence-electron chi connectivity index (χ4n) is 2.91. The van der Waals surface area contributed by atoms with E-state index in [-0.39, 0.29) is 11.7 Å². The molecule has 1 fully saturated rings. The van der Waals surface area contributed by atoms with Crippen LogP contribution in [0.5, 0.6) is 5.75 Å². The van der Waals surface area contributed by atoms with Gasteiger partial charge in [-0.15, -0.1) is 0 Å². The number of benzene rings is 1. The molecule has 0 aromatic heterocycles. The summed E-state index contributed by atoms with van der Waals surface area (Å²) in [6.07, 6.45) is 2.63. The molecule has 1 aliphatic heterocycles. The van der Waals surface area contributed by atoms with Gasteiger partial charge in [-0.3, -0.25) is 4.79 Å². The number of amides is 1. The Kier molecular flexibility index (Phi) is 6.48. The zero-order chi connectivity index (χ0) is 17.7. The first kappa shape index (κ1) is 19.0. The smallest absolute Gasteiger partial charge is 0.242 e. The number of hydrogen-bond donors (Lipinski definition) is 1. The van der Waals surface area contributed by atoms with Crippen LogP contribution in [0.2, 0.25) is 5.02 Å². The Morgan fingerprint density at radius 2 is 2.17 bits per heavy atom. The minimum absolute atomic E-state index is 0.0528. The number of ether oxygens (including phenoxy) is 1. The summed E-state index contributed by atoms with van der Waals surface area (Å²) in [7, 11) is -1.96. The quantitative estimate of drug-likeness (QED) is 0.830. The number of para-hydroxylation sites is 1. The van der Waals surface area contributed by atoms with Gasteiger partial charge in [0.05, 0.1) is 23.6 Å². The van der Waals surface area contributed by atoms with Gasteiger partial charge in [0.25, 0.3) is 0 Å². The first-order chi connectivity index (χ1) is 11.4. The molecule has 1 unspecified atom stereocenters. The molecule has 134 valence electrons. The molecular formula is C16H23ClN2O4S. The second-order valence-electron chi connectivity index (χ2n) is 5.75. The van der Waals surface area contributed by atoms with Crippen LogP contribution < -0.4 is 10.1 Å². The van der Waals surface area contributed by atoms with Crippen LogP contribution in [-0.2, 0) is 14.8 Å². The highest BCUT2D eigenvalue weighted by atomic mass is 35.5. The molecule has 0 spiro atoms. The largest absolute Gasteiger partial charge is 0.493 e. The van der Waals surface area contributed by atoms with Crippen molar-refractivity contribution >= 4 is 33.2 Å². The predicted molar refractivity (Wildman–Crippen MR) is 95.1 cm³/mol. The Bertz CT molecular complexity index is 693. The summed E-state index contributed by atoms with van der Waals surface area (Å²) < 4.78 is 31.4. The molecular weight excluding hydrogens is 352 g/mol.